The van der Waals surface area contributed by atoms with Gasteiger partial charge in [0.05, 0.1) is 11.8 Å². The van der Waals surface area contributed by atoms with E-state index in [0.717, 1.165) is 60.3 Å². The van der Waals surface area contributed by atoms with Crippen molar-refractivity contribution in [2.75, 3.05) is 13.1 Å². The lowest BCUT2D eigenvalue weighted by atomic mass is 9.97. The molecule has 29 heavy (non-hydrogen) atoms. The molecule has 1 N–H and O–H groups in total. The van der Waals surface area contributed by atoms with E-state index in [4.69, 9.17) is 21.1 Å². The van der Waals surface area contributed by atoms with Crippen LogP contribution in [0.1, 0.15) is 51.9 Å². The number of aromatic carboxylic acids is 1. The minimum Gasteiger partial charge on any atom is -0.478 e. The Balaban J connectivity index is 1.39. The van der Waals surface area contributed by atoms with Gasteiger partial charge < -0.3 is 9.52 Å². The van der Waals surface area contributed by atoms with Crippen LogP contribution in [0.5, 0.6) is 0 Å². The van der Waals surface area contributed by atoms with Crippen molar-refractivity contribution in [3.8, 4) is 0 Å². The van der Waals surface area contributed by atoms with Gasteiger partial charge >= 0.3 is 5.97 Å². The third kappa shape index (κ3) is 4.86. The Morgan fingerprint density at radius 3 is 2.76 bits per heavy atom. The van der Waals surface area contributed by atoms with Crippen LogP contribution >= 0.6 is 11.6 Å². The Bertz CT molecular complexity index is 984. The summed E-state index contributed by atoms with van der Waals surface area (Å²) in [5.41, 5.74) is 2.46. The largest absolute Gasteiger partial charge is 0.478 e. The molecule has 0 saturated carbocycles. The summed E-state index contributed by atoms with van der Waals surface area (Å²) < 4.78 is 6.06. The summed E-state index contributed by atoms with van der Waals surface area (Å²) in [7, 11) is 0. The number of carboxylic acids is 1. The fourth-order valence-corrected chi connectivity index (χ4v) is 4.04. The summed E-state index contributed by atoms with van der Waals surface area (Å²) in [5.74, 6) is 0.987. The number of hydrogen-bond acceptors (Lipinski definition) is 4. The molecule has 1 atom stereocenters. The van der Waals surface area contributed by atoms with Crippen molar-refractivity contribution in [2.45, 2.75) is 31.7 Å². The highest BCUT2D eigenvalue weighted by molar-refractivity contribution is 6.31. The Labute approximate surface area is 174 Å². The normalized spacial score (nSPS) is 17.3. The third-order valence-corrected chi connectivity index (χ3v) is 5.72. The maximum Gasteiger partial charge on any atom is 0.335 e. The van der Waals surface area contributed by atoms with Crippen molar-refractivity contribution in [3.05, 3.63) is 88.1 Å². The van der Waals surface area contributed by atoms with Crippen LogP contribution in [-0.4, -0.2) is 34.0 Å². The van der Waals surface area contributed by atoms with Crippen molar-refractivity contribution in [3.63, 3.8) is 0 Å². The quantitative estimate of drug-likeness (QED) is 0.619. The Kier molecular flexibility index (Phi) is 5.97. The van der Waals surface area contributed by atoms with Crippen LogP contribution in [0.3, 0.4) is 0 Å². The molecule has 1 aromatic heterocycles. The van der Waals surface area contributed by atoms with Gasteiger partial charge in [0.25, 0.3) is 0 Å². The van der Waals surface area contributed by atoms with Gasteiger partial charge in [0.2, 0.25) is 0 Å². The maximum absolute atomic E-state index is 11.0. The predicted molar refractivity (Wildman–Crippen MR) is 111 cm³/mol. The predicted octanol–water partition coefficient (Wildman–Crippen LogP) is 5.00. The molecule has 1 aliphatic rings. The fourth-order valence-electron chi connectivity index (χ4n) is 3.83. The molecule has 1 saturated heterocycles. The average molecular weight is 411 g/mol. The number of nitrogens with zero attached hydrogens (tertiary/aromatic N) is 2. The van der Waals surface area contributed by atoms with Crippen molar-refractivity contribution in [1.29, 1.82) is 0 Å². The molecule has 4 rings (SSSR count). The van der Waals surface area contributed by atoms with Crippen LogP contribution in [0.25, 0.3) is 0 Å². The van der Waals surface area contributed by atoms with E-state index < -0.39 is 5.97 Å². The van der Waals surface area contributed by atoms with Gasteiger partial charge in [0, 0.05) is 30.5 Å². The summed E-state index contributed by atoms with van der Waals surface area (Å²) in [4.78, 5) is 17.9. The van der Waals surface area contributed by atoms with E-state index in [-0.39, 0.29) is 5.92 Å². The summed E-state index contributed by atoms with van der Waals surface area (Å²) in [6.45, 7) is 2.70. The van der Waals surface area contributed by atoms with Crippen molar-refractivity contribution >= 4 is 17.6 Å². The van der Waals surface area contributed by atoms with Crippen LogP contribution in [0.2, 0.25) is 5.02 Å². The van der Waals surface area contributed by atoms with Gasteiger partial charge in [-0.3, -0.25) is 4.90 Å². The molecule has 3 aromatic rings. The zero-order valence-corrected chi connectivity index (χ0v) is 16.8. The average Bonchev–Trinajstić information content (AvgIpc) is 3.19. The standard InChI is InChI=1S/C23H23ClN2O3/c24-21-6-2-1-4-18(21)12-20-13-25-22(29-20)19-5-3-11-26(15-19)14-16-7-9-17(10-8-16)23(27)28/h1-2,4,6-10,13,19H,3,5,11-12,14-15H2,(H,27,28). The van der Waals surface area contributed by atoms with Crippen LogP contribution in [0.4, 0.5) is 0 Å². The Hall–Kier alpha value is -2.63. The molecule has 0 spiro atoms. The monoisotopic (exact) mass is 410 g/mol. The highest BCUT2D eigenvalue weighted by atomic mass is 35.5. The first-order chi connectivity index (χ1) is 14.1. The van der Waals surface area contributed by atoms with Crippen LogP contribution in [0, 0.1) is 0 Å². The number of oxazole rings is 1. The first-order valence-corrected chi connectivity index (χ1v) is 10.2. The molecule has 0 aliphatic carbocycles. The van der Waals surface area contributed by atoms with E-state index >= 15 is 0 Å². The molecule has 150 valence electrons. The van der Waals surface area contributed by atoms with E-state index in [9.17, 15) is 4.79 Å². The zero-order valence-electron chi connectivity index (χ0n) is 16.1. The summed E-state index contributed by atoms with van der Waals surface area (Å²) in [6, 6.07) is 14.9. The van der Waals surface area contributed by atoms with Gasteiger partial charge in [-0.15, -0.1) is 0 Å². The number of carbonyl (C=O) groups is 1. The topological polar surface area (TPSA) is 66.6 Å². The van der Waals surface area contributed by atoms with E-state index in [1.165, 1.54) is 0 Å². The first kappa shape index (κ1) is 19.7. The highest BCUT2D eigenvalue weighted by Gasteiger charge is 2.25. The molecule has 1 unspecified atom stereocenters. The number of aromatic nitrogens is 1. The van der Waals surface area contributed by atoms with Crippen molar-refractivity contribution in [2.24, 2.45) is 0 Å². The molecule has 2 heterocycles. The number of halogens is 1. The second kappa shape index (κ2) is 8.80. The first-order valence-electron chi connectivity index (χ1n) is 9.81. The van der Waals surface area contributed by atoms with Gasteiger partial charge in [-0.25, -0.2) is 9.78 Å². The smallest absolute Gasteiger partial charge is 0.335 e. The van der Waals surface area contributed by atoms with E-state index in [1.54, 1.807) is 12.1 Å². The van der Waals surface area contributed by atoms with Gasteiger partial charge in [-0.1, -0.05) is 41.9 Å². The SMILES string of the molecule is O=C(O)c1ccc(CN2CCCC(c3ncc(Cc4ccccc4Cl)o3)C2)cc1. The lowest BCUT2D eigenvalue weighted by Gasteiger charge is -2.31. The van der Waals surface area contributed by atoms with Crippen LogP contribution < -0.4 is 0 Å². The molecule has 2 aromatic carbocycles. The minimum absolute atomic E-state index is 0.266. The summed E-state index contributed by atoms with van der Waals surface area (Å²) in [5, 5.41) is 9.77. The number of carboxylic acid groups (broad SMARTS) is 1. The van der Waals surface area contributed by atoms with E-state index in [0.29, 0.717) is 12.0 Å². The molecular formula is C23H23ClN2O3. The minimum atomic E-state index is -0.897. The van der Waals surface area contributed by atoms with E-state index in [1.807, 2.05) is 42.6 Å². The summed E-state index contributed by atoms with van der Waals surface area (Å²) in [6.07, 6.45) is 4.59. The van der Waals surface area contributed by atoms with Gasteiger partial charge in [0.15, 0.2) is 5.89 Å². The second-order valence-corrected chi connectivity index (χ2v) is 7.92. The molecule has 0 radical (unpaired) electrons. The van der Waals surface area contributed by atoms with E-state index in [2.05, 4.69) is 9.88 Å². The molecule has 6 heteroatoms. The molecule has 5 nitrogen and oxygen atoms in total. The van der Waals surface area contributed by atoms with Gasteiger partial charge in [-0.05, 0) is 48.7 Å². The molecular weight excluding hydrogens is 388 g/mol. The zero-order chi connectivity index (χ0) is 20.2. The number of likely N-dealkylation sites (tertiary alicyclic amines) is 1. The summed E-state index contributed by atoms with van der Waals surface area (Å²) >= 11 is 6.25. The highest BCUT2D eigenvalue weighted by Crippen LogP contribution is 2.28. The second-order valence-electron chi connectivity index (χ2n) is 7.51. The lowest BCUT2D eigenvalue weighted by molar-refractivity contribution is 0.0697. The van der Waals surface area contributed by atoms with Gasteiger partial charge in [-0.2, -0.15) is 0 Å². The molecule has 1 fully saturated rings. The Morgan fingerprint density at radius 2 is 2.00 bits per heavy atom. The number of rotatable bonds is 6. The molecule has 0 amide bonds. The van der Waals surface area contributed by atoms with Crippen molar-refractivity contribution < 1.29 is 14.3 Å². The van der Waals surface area contributed by atoms with Crippen molar-refractivity contribution in [1.82, 2.24) is 9.88 Å². The number of piperidine rings is 1. The molecule has 0 bridgehead atoms. The number of benzene rings is 2. The third-order valence-electron chi connectivity index (χ3n) is 5.36. The van der Waals surface area contributed by atoms with Gasteiger partial charge in [0.1, 0.15) is 5.76 Å². The fraction of sp³-hybridized carbons (Fsp3) is 0.304. The Morgan fingerprint density at radius 1 is 1.21 bits per heavy atom. The number of hydrogen-bond donors (Lipinski definition) is 1. The van der Waals surface area contributed by atoms with Crippen LogP contribution in [-0.2, 0) is 13.0 Å². The maximum atomic E-state index is 11.0. The molecule has 1 aliphatic heterocycles. The van der Waals surface area contributed by atoms with Crippen LogP contribution in [0.15, 0.2) is 59.1 Å². The lowest BCUT2D eigenvalue weighted by Crippen LogP contribution is -2.34.